The minimum absolute atomic E-state index is 0.0212. The third-order valence-corrected chi connectivity index (χ3v) is 5.12. The third-order valence-electron chi connectivity index (χ3n) is 5.12. The summed E-state index contributed by atoms with van der Waals surface area (Å²) in [5.74, 6) is -2.71. The molecule has 0 aliphatic carbocycles. The van der Waals surface area contributed by atoms with Crippen LogP contribution in [0.2, 0.25) is 0 Å². The van der Waals surface area contributed by atoms with Gasteiger partial charge in [0.05, 0.1) is 11.1 Å². The van der Waals surface area contributed by atoms with Crippen LogP contribution in [0.5, 0.6) is 0 Å². The lowest BCUT2D eigenvalue weighted by molar-refractivity contribution is -0.158. The predicted octanol–water partition coefficient (Wildman–Crippen LogP) is 5.01. The van der Waals surface area contributed by atoms with Gasteiger partial charge in [0.15, 0.2) is 0 Å². The second-order valence-corrected chi connectivity index (χ2v) is 6.94. The average molecular weight is 435 g/mol. The highest BCUT2D eigenvalue weighted by Gasteiger charge is 2.50. The van der Waals surface area contributed by atoms with Gasteiger partial charge in [0.25, 0.3) is 0 Å². The Bertz CT molecular complexity index is 905. The normalized spacial score (nSPS) is 21.3. The lowest BCUT2D eigenvalue weighted by atomic mass is 9.74. The second kappa shape index (κ2) is 7.57. The number of carbonyl (C=O) groups excluding carboxylic acids is 1. The van der Waals surface area contributed by atoms with Crippen molar-refractivity contribution in [1.29, 1.82) is 0 Å². The number of cyclic esters (lactones) is 1. The molecule has 2 unspecified atom stereocenters. The van der Waals surface area contributed by atoms with E-state index in [1.54, 1.807) is 0 Å². The van der Waals surface area contributed by atoms with Gasteiger partial charge >= 0.3 is 18.3 Å². The molecule has 2 aromatic rings. The van der Waals surface area contributed by atoms with Crippen molar-refractivity contribution in [2.24, 2.45) is 0 Å². The van der Waals surface area contributed by atoms with Crippen LogP contribution in [0.15, 0.2) is 42.5 Å². The van der Waals surface area contributed by atoms with Crippen LogP contribution in [0.3, 0.4) is 0 Å². The summed E-state index contributed by atoms with van der Waals surface area (Å²) in [6, 6.07) is 5.74. The summed E-state index contributed by atoms with van der Waals surface area (Å²) in [6.07, 6.45) is -10.1. The van der Waals surface area contributed by atoms with Gasteiger partial charge in [-0.15, -0.1) is 0 Å². The Morgan fingerprint density at radius 3 is 1.97 bits per heavy atom. The molecule has 162 valence electrons. The van der Waals surface area contributed by atoms with E-state index in [-0.39, 0.29) is 30.3 Å². The van der Waals surface area contributed by atoms with Crippen molar-refractivity contribution in [3.05, 3.63) is 70.5 Å². The lowest BCUT2D eigenvalue weighted by Crippen LogP contribution is -2.58. The van der Waals surface area contributed by atoms with Crippen molar-refractivity contribution in [2.45, 2.75) is 30.7 Å². The van der Waals surface area contributed by atoms with Gasteiger partial charge in [-0.25, -0.2) is 9.18 Å². The number of nitrogens with one attached hydrogen (secondary N) is 1. The minimum atomic E-state index is -5.03. The third kappa shape index (κ3) is 4.00. The Labute approximate surface area is 166 Å². The number of esters is 1. The summed E-state index contributed by atoms with van der Waals surface area (Å²) >= 11 is 0. The monoisotopic (exact) mass is 435 g/mol. The SMILES string of the molecule is CC(c1cc(C(F)(F)F)cc(C(F)(F)F)c1)C1(c2ccc(F)cc2)NCCOC1=O. The summed E-state index contributed by atoms with van der Waals surface area (Å²) < 4.78 is 98.0. The highest BCUT2D eigenvalue weighted by molar-refractivity contribution is 5.85. The number of benzene rings is 2. The van der Waals surface area contributed by atoms with Crippen LogP contribution in [-0.2, 0) is 27.4 Å². The van der Waals surface area contributed by atoms with Crippen molar-refractivity contribution in [3.8, 4) is 0 Å². The molecule has 2 atom stereocenters. The van der Waals surface area contributed by atoms with Gasteiger partial charge in [-0.1, -0.05) is 19.1 Å². The molecule has 10 heteroatoms. The Kier molecular flexibility index (Phi) is 5.57. The molecule has 1 N–H and O–H groups in total. The molecule has 1 aliphatic rings. The van der Waals surface area contributed by atoms with Crippen LogP contribution in [0.25, 0.3) is 0 Å². The molecule has 0 saturated carbocycles. The summed E-state index contributed by atoms with van der Waals surface area (Å²) in [7, 11) is 0. The number of morpholine rings is 1. The van der Waals surface area contributed by atoms with E-state index in [4.69, 9.17) is 4.74 Å². The number of hydrogen-bond acceptors (Lipinski definition) is 3. The van der Waals surface area contributed by atoms with E-state index < -0.39 is 46.7 Å². The zero-order chi connectivity index (χ0) is 22.3. The molecule has 0 bridgehead atoms. The molecule has 0 spiro atoms. The molecule has 0 amide bonds. The standard InChI is InChI=1S/C20H16F7NO2/c1-11(12-8-14(19(22,23)24)10-15(9-12)20(25,26)27)18(17(29)30-7-6-28-18)13-2-4-16(21)5-3-13/h2-5,8-11,28H,6-7H2,1H3. The number of hydrogen-bond donors (Lipinski definition) is 1. The van der Waals surface area contributed by atoms with Crippen LogP contribution in [0.4, 0.5) is 30.7 Å². The molecular weight excluding hydrogens is 419 g/mol. The minimum Gasteiger partial charge on any atom is -0.463 e. The number of halogens is 7. The molecule has 1 aliphatic heterocycles. The van der Waals surface area contributed by atoms with Crippen LogP contribution in [-0.4, -0.2) is 19.1 Å². The van der Waals surface area contributed by atoms with E-state index in [2.05, 4.69) is 5.32 Å². The van der Waals surface area contributed by atoms with Crippen molar-refractivity contribution in [2.75, 3.05) is 13.2 Å². The molecule has 1 heterocycles. The van der Waals surface area contributed by atoms with Crippen molar-refractivity contribution in [1.82, 2.24) is 5.32 Å². The first kappa shape index (κ1) is 22.1. The summed E-state index contributed by atoms with van der Waals surface area (Å²) in [5.41, 5.74) is -4.98. The Hall–Kier alpha value is -2.62. The van der Waals surface area contributed by atoms with E-state index >= 15 is 0 Å². The molecule has 2 aromatic carbocycles. The fourth-order valence-corrected chi connectivity index (χ4v) is 3.57. The fourth-order valence-electron chi connectivity index (χ4n) is 3.57. The smallest absolute Gasteiger partial charge is 0.416 e. The number of carbonyl (C=O) groups is 1. The summed E-state index contributed by atoms with van der Waals surface area (Å²) in [5, 5.41) is 2.87. The van der Waals surface area contributed by atoms with Crippen molar-refractivity contribution in [3.63, 3.8) is 0 Å². The van der Waals surface area contributed by atoms with Crippen LogP contribution < -0.4 is 5.32 Å². The quantitative estimate of drug-likeness (QED) is 0.544. The van der Waals surface area contributed by atoms with E-state index in [1.165, 1.54) is 19.1 Å². The Morgan fingerprint density at radius 2 is 1.50 bits per heavy atom. The first-order valence-corrected chi connectivity index (χ1v) is 8.83. The number of rotatable bonds is 3. The molecule has 3 rings (SSSR count). The second-order valence-electron chi connectivity index (χ2n) is 6.94. The van der Waals surface area contributed by atoms with Crippen LogP contribution in [0.1, 0.15) is 35.1 Å². The first-order chi connectivity index (χ1) is 13.9. The largest absolute Gasteiger partial charge is 0.463 e. The average Bonchev–Trinajstić information content (AvgIpc) is 2.67. The maximum absolute atomic E-state index is 13.4. The van der Waals surface area contributed by atoms with E-state index in [0.717, 1.165) is 12.1 Å². The van der Waals surface area contributed by atoms with Crippen LogP contribution >= 0.6 is 0 Å². The zero-order valence-electron chi connectivity index (χ0n) is 15.5. The fraction of sp³-hybridized carbons (Fsp3) is 0.350. The van der Waals surface area contributed by atoms with E-state index in [0.29, 0.717) is 12.1 Å². The number of ether oxygens (including phenoxy) is 1. The predicted molar refractivity (Wildman–Crippen MR) is 91.9 cm³/mol. The van der Waals surface area contributed by atoms with Crippen LogP contribution in [0, 0.1) is 5.82 Å². The Morgan fingerprint density at radius 1 is 0.967 bits per heavy atom. The topological polar surface area (TPSA) is 38.3 Å². The van der Waals surface area contributed by atoms with Gasteiger partial charge < -0.3 is 4.74 Å². The molecular formula is C20H16F7NO2. The van der Waals surface area contributed by atoms with Gasteiger partial charge in [-0.2, -0.15) is 26.3 Å². The summed E-state index contributed by atoms with van der Waals surface area (Å²) in [6.45, 7) is 1.40. The first-order valence-electron chi connectivity index (χ1n) is 8.83. The zero-order valence-corrected chi connectivity index (χ0v) is 15.5. The van der Waals surface area contributed by atoms with Gasteiger partial charge in [0.2, 0.25) is 0 Å². The van der Waals surface area contributed by atoms with Gasteiger partial charge in [-0.05, 0) is 41.5 Å². The number of alkyl halides is 6. The molecule has 3 nitrogen and oxygen atoms in total. The van der Waals surface area contributed by atoms with Gasteiger partial charge in [-0.3, -0.25) is 5.32 Å². The molecule has 30 heavy (non-hydrogen) atoms. The highest BCUT2D eigenvalue weighted by Crippen LogP contribution is 2.43. The van der Waals surface area contributed by atoms with E-state index in [1.807, 2.05) is 0 Å². The van der Waals surface area contributed by atoms with Gasteiger partial charge in [0, 0.05) is 12.5 Å². The van der Waals surface area contributed by atoms with Crippen molar-refractivity contribution < 1.29 is 40.3 Å². The highest BCUT2D eigenvalue weighted by atomic mass is 19.4. The van der Waals surface area contributed by atoms with Gasteiger partial charge in [0.1, 0.15) is 18.0 Å². The summed E-state index contributed by atoms with van der Waals surface area (Å²) in [4.78, 5) is 12.8. The molecule has 0 aromatic heterocycles. The maximum atomic E-state index is 13.4. The maximum Gasteiger partial charge on any atom is 0.416 e. The molecule has 1 saturated heterocycles. The van der Waals surface area contributed by atoms with E-state index in [9.17, 15) is 35.5 Å². The Balaban J connectivity index is 2.21. The molecule has 1 fully saturated rings. The molecule has 0 radical (unpaired) electrons. The van der Waals surface area contributed by atoms with Crippen molar-refractivity contribution >= 4 is 5.97 Å². The lowest BCUT2D eigenvalue weighted by Gasteiger charge is -2.41.